The molecule has 0 bridgehead atoms. The molecule has 0 radical (unpaired) electrons. The number of hydrogen-bond acceptors (Lipinski definition) is 1. The number of rotatable bonds is 7. The van der Waals surface area contributed by atoms with E-state index in [0.717, 1.165) is 38.8 Å². The minimum atomic E-state index is -0.287. The fraction of sp³-hybridized carbons (Fsp3) is 0.933. The van der Waals surface area contributed by atoms with Gasteiger partial charge in [-0.25, -0.2) is 0 Å². The topological polar surface area (TPSA) is 20.3 Å². The highest BCUT2D eigenvalue weighted by molar-refractivity contribution is 6.30. The van der Waals surface area contributed by atoms with E-state index in [2.05, 4.69) is 6.92 Å². The Morgan fingerprint density at radius 3 is 2.28 bits per heavy atom. The molecular weight excluding hydrogens is 246 g/mol. The summed E-state index contributed by atoms with van der Waals surface area (Å²) in [5.41, 5.74) is 0. The Morgan fingerprint density at radius 1 is 1.06 bits per heavy atom. The molecule has 1 unspecified atom stereocenters. The summed E-state index contributed by atoms with van der Waals surface area (Å²) in [5, 5.41) is -0.287. The van der Waals surface area contributed by atoms with Crippen LogP contribution >= 0.6 is 11.6 Å². The first-order valence-electron chi connectivity index (χ1n) is 7.68. The van der Waals surface area contributed by atoms with Crippen molar-refractivity contribution in [3.63, 3.8) is 0 Å². The molecule has 0 spiro atoms. The Labute approximate surface area is 117 Å². The van der Waals surface area contributed by atoms with Crippen LogP contribution < -0.4 is 0 Å². The van der Waals surface area contributed by atoms with E-state index in [-0.39, 0.29) is 11.3 Å². The lowest BCUT2D eigenvalue weighted by atomic mass is 10.1. The summed E-state index contributed by atoms with van der Waals surface area (Å²) in [7, 11) is 0. The van der Waals surface area contributed by atoms with E-state index in [1.165, 1.54) is 38.5 Å². The first-order chi connectivity index (χ1) is 8.75. The van der Waals surface area contributed by atoms with E-state index < -0.39 is 0 Å². The largest absolute Gasteiger partial charge is 0.341 e. The molecule has 0 saturated carbocycles. The SMILES string of the molecule is CCCCCCCC(Cl)C(=O)N1CCCCCC1. The summed E-state index contributed by atoms with van der Waals surface area (Å²) >= 11 is 6.24. The van der Waals surface area contributed by atoms with E-state index >= 15 is 0 Å². The number of amides is 1. The maximum atomic E-state index is 12.2. The molecule has 1 fully saturated rings. The standard InChI is InChI=1S/C15H28ClNO/c1-2-3-4-5-8-11-14(16)15(18)17-12-9-6-7-10-13-17/h14H,2-13H2,1H3. The van der Waals surface area contributed by atoms with Gasteiger partial charge in [0.2, 0.25) is 5.91 Å². The smallest absolute Gasteiger partial charge is 0.240 e. The third-order valence-electron chi connectivity index (χ3n) is 3.75. The van der Waals surface area contributed by atoms with Gasteiger partial charge in [0.05, 0.1) is 0 Å². The number of hydrogen-bond donors (Lipinski definition) is 0. The van der Waals surface area contributed by atoms with E-state index in [4.69, 9.17) is 11.6 Å². The van der Waals surface area contributed by atoms with Crippen molar-refractivity contribution in [3.05, 3.63) is 0 Å². The number of carbonyl (C=O) groups excluding carboxylic acids is 1. The molecular formula is C15H28ClNO. The summed E-state index contributed by atoms with van der Waals surface area (Å²) in [6.07, 6.45) is 11.8. The van der Waals surface area contributed by atoms with Crippen molar-refractivity contribution in [3.8, 4) is 0 Å². The Kier molecular flexibility index (Phi) is 8.49. The van der Waals surface area contributed by atoms with Crippen LogP contribution in [-0.2, 0) is 4.79 Å². The lowest BCUT2D eigenvalue weighted by molar-refractivity contribution is -0.130. The average molecular weight is 274 g/mol. The minimum Gasteiger partial charge on any atom is -0.341 e. The van der Waals surface area contributed by atoms with Gasteiger partial charge in [-0.15, -0.1) is 11.6 Å². The van der Waals surface area contributed by atoms with Crippen molar-refractivity contribution < 1.29 is 4.79 Å². The molecule has 1 aliphatic heterocycles. The molecule has 2 nitrogen and oxygen atoms in total. The highest BCUT2D eigenvalue weighted by Gasteiger charge is 2.22. The first kappa shape index (κ1) is 15.8. The van der Waals surface area contributed by atoms with Crippen LogP contribution in [0.2, 0.25) is 0 Å². The number of nitrogens with zero attached hydrogens (tertiary/aromatic N) is 1. The van der Waals surface area contributed by atoms with Gasteiger partial charge in [-0.1, -0.05) is 51.9 Å². The summed E-state index contributed by atoms with van der Waals surface area (Å²) in [5.74, 6) is 0.175. The number of unbranched alkanes of at least 4 members (excludes halogenated alkanes) is 4. The maximum Gasteiger partial charge on any atom is 0.240 e. The molecule has 1 amide bonds. The van der Waals surface area contributed by atoms with E-state index in [9.17, 15) is 4.79 Å². The van der Waals surface area contributed by atoms with Crippen LogP contribution in [0.4, 0.5) is 0 Å². The second kappa shape index (κ2) is 9.66. The second-order valence-corrected chi connectivity index (χ2v) is 5.94. The quantitative estimate of drug-likeness (QED) is 0.499. The minimum absolute atomic E-state index is 0.175. The molecule has 0 aromatic rings. The number of carbonyl (C=O) groups is 1. The molecule has 3 heteroatoms. The molecule has 1 saturated heterocycles. The van der Waals surface area contributed by atoms with Gasteiger partial charge < -0.3 is 4.90 Å². The van der Waals surface area contributed by atoms with Crippen molar-refractivity contribution in [1.29, 1.82) is 0 Å². The molecule has 1 aliphatic rings. The van der Waals surface area contributed by atoms with Gasteiger partial charge in [-0.2, -0.15) is 0 Å². The zero-order valence-electron chi connectivity index (χ0n) is 11.8. The van der Waals surface area contributed by atoms with E-state index in [1.54, 1.807) is 0 Å². The zero-order chi connectivity index (χ0) is 13.2. The molecule has 1 rings (SSSR count). The highest BCUT2D eigenvalue weighted by atomic mass is 35.5. The Morgan fingerprint density at radius 2 is 1.67 bits per heavy atom. The van der Waals surface area contributed by atoms with Crippen LogP contribution in [0.1, 0.15) is 71.1 Å². The summed E-state index contributed by atoms with van der Waals surface area (Å²) in [6.45, 7) is 4.04. The van der Waals surface area contributed by atoms with Crippen molar-refractivity contribution in [2.24, 2.45) is 0 Å². The van der Waals surface area contributed by atoms with Gasteiger partial charge >= 0.3 is 0 Å². The number of halogens is 1. The van der Waals surface area contributed by atoms with Crippen LogP contribution in [0.15, 0.2) is 0 Å². The fourth-order valence-corrected chi connectivity index (χ4v) is 2.83. The Balaban J connectivity index is 2.18. The summed E-state index contributed by atoms with van der Waals surface area (Å²) in [6, 6.07) is 0. The van der Waals surface area contributed by atoms with Gasteiger partial charge in [0.15, 0.2) is 0 Å². The first-order valence-corrected chi connectivity index (χ1v) is 8.12. The van der Waals surface area contributed by atoms with Crippen molar-refractivity contribution >= 4 is 17.5 Å². The third kappa shape index (κ3) is 6.08. The fourth-order valence-electron chi connectivity index (χ4n) is 2.54. The monoisotopic (exact) mass is 273 g/mol. The van der Waals surface area contributed by atoms with Crippen molar-refractivity contribution in [1.82, 2.24) is 4.90 Å². The zero-order valence-corrected chi connectivity index (χ0v) is 12.6. The molecule has 106 valence electrons. The van der Waals surface area contributed by atoms with Crippen molar-refractivity contribution in [2.75, 3.05) is 13.1 Å². The summed E-state index contributed by atoms with van der Waals surface area (Å²) < 4.78 is 0. The van der Waals surface area contributed by atoms with Crippen LogP contribution in [0.3, 0.4) is 0 Å². The second-order valence-electron chi connectivity index (χ2n) is 5.41. The predicted molar refractivity (Wildman–Crippen MR) is 78.1 cm³/mol. The summed E-state index contributed by atoms with van der Waals surface area (Å²) in [4.78, 5) is 14.1. The molecule has 1 heterocycles. The van der Waals surface area contributed by atoms with Gasteiger partial charge in [-0.3, -0.25) is 4.79 Å². The van der Waals surface area contributed by atoms with E-state index in [1.807, 2.05) is 4.90 Å². The normalized spacial score (nSPS) is 18.4. The average Bonchev–Trinajstić information content (AvgIpc) is 2.66. The van der Waals surface area contributed by atoms with Crippen LogP contribution in [-0.4, -0.2) is 29.3 Å². The highest BCUT2D eigenvalue weighted by Crippen LogP contribution is 2.16. The van der Waals surface area contributed by atoms with Crippen molar-refractivity contribution in [2.45, 2.75) is 76.5 Å². The lowest BCUT2D eigenvalue weighted by Crippen LogP contribution is -2.37. The molecule has 0 aliphatic carbocycles. The number of likely N-dealkylation sites (tertiary alicyclic amines) is 1. The number of alkyl halides is 1. The van der Waals surface area contributed by atoms with Crippen LogP contribution in [0.5, 0.6) is 0 Å². The molecule has 18 heavy (non-hydrogen) atoms. The molecule has 0 aromatic carbocycles. The lowest BCUT2D eigenvalue weighted by Gasteiger charge is -2.23. The Bertz CT molecular complexity index is 225. The van der Waals surface area contributed by atoms with Crippen LogP contribution in [0, 0.1) is 0 Å². The molecule has 0 N–H and O–H groups in total. The molecule has 1 atom stereocenters. The molecule has 0 aromatic heterocycles. The Hall–Kier alpha value is -0.240. The van der Waals surface area contributed by atoms with Gasteiger partial charge in [0.25, 0.3) is 0 Å². The maximum absolute atomic E-state index is 12.2. The van der Waals surface area contributed by atoms with E-state index in [0.29, 0.717) is 0 Å². The van der Waals surface area contributed by atoms with Crippen LogP contribution in [0.25, 0.3) is 0 Å². The van der Waals surface area contributed by atoms with Gasteiger partial charge in [0, 0.05) is 13.1 Å². The predicted octanol–water partition coefficient (Wildman–Crippen LogP) is 4.36. The third-order valence-corrected chi connectivity index (χ3v) is 4.15. The van der Waals surface area contributed by atoms with Gasteiger partial charge in [-0.05, 0) is 19.3 Å². The van der Waals surface area contributed by atoms with Gasteiger partial charge in [0.1, 0.15) is 5.38 Å².